The van der Waals surface area contributed by atoms with E-state index in [1.54, 1.807) is 0 Å². The lowest BCUT2D eigenvalue weighted by Gasteiger charge is -2.34. The van der Waals surface area contributed by atoms with Gasteiger partial charge < -0.3 is 29.5 Å². The Kier molecular flexibility index (Phi) is 19.3. The summed E-state index contributed by atoms with van der Waals surface area (Å²) in [6.07, 6.45) is 4.37. The summed E-state index contributed by atoms with van der Waals surface area (Å²) in [6, 6.07) is 2.47. The van der Waals surface area contributed by atoms with E-state index in [0.29, 0.717) is 31.4 Å². The van der Waals surface area contributed by atoms with E-state index in [1.807, 2.05) is 20.9 Å². The molecule has 0 saturated carbocycles. The summed E-state index contributed by atoms with van der Waals surface area (Å²) in [5.74, 6) is -0.553. The van der Waals surface area contributed by atoms with Crippen LogP contribution in [0.1, 0.15) is 59.8 Å². The van der Waals surface area contributed by atoms with Crippen LogP contribution in [0.3, 0.4) is 0 Å². The molecule has 0 aromatic rings. The van der Waals surface area contributed by atoms with Crippen LogP contribution >= 0.6 is 0 Å². The van der Waals surface area contributed by atoms with Crippen molar-refractivity contribution in [1.29, 1.82) is 0 Å². The van der Waals surface area contributed by atoms with Crippen LogP contribution in [0.25, 0.3) is 0 Å². The summed E-state index contributed by atoms with van der Waals surface area (Å²) >= 11 is 0. The number of carbonyl (C=O) groups excluding carboxylic acids is 2. The summed E-state index contributed by atoms with van der Waals surface area (Å²) in [4.78, 5) is 24.5. The molecule has 0 aromatic heterocycles. The normalized spacial score (nSPS) is 15.2. The van der Waals surface area contributed by atoms with E-state index in [0.717, 1.165) is 50.7 Å². The van der Waals surface area contributed by atoms with E-state index in [-0.39, 0.29) is 29.8 Å². The summed E-state index contributed by atoms with van der Waals surface area (Å²) in [7, 11) is 3.71. The highest BCUT2D eigenvalue weighted by Gasteiger charge is 2.32. The van der Waals surface area contributed by atoms with Crippen molar-refractivity contribution >= 4 is 36.4 Å². The van der Waals surface area contributed by atoms with E-state index < -0.39 is 16.6 Å². The second-order valence-electron chi connectivity index (χ2n) is 12.3. The molecule has 0 saturated heterocycles. The highest BCUT2D eigenvalue weighted by molar-refractivity contribution is 6.84. The number of esters is 2. The Labute approximate surface area is 242 Å². The Hall–Kier alpha value is -1.14. The average Bonchev–Trinajstić information content (AvgIpc) is 2.83. The number of carbonyl (C=O) groups is 2. The Morgan fingerprint density at radius 1 is 0.821 bits per heavy atom. The first-order valence-corrected chi connectivity index (χ1v) is 20.9. The van der Waals surface area contributed by atoms with Crippen molar-refractivity contribution in [2.75, 3.05) is 33.4 Å². The number of hydrogen-bond acceptors (Lipinski definition) is 8. The zero-order valence-electron chi connectivity index (χ0n) is 26.4. The van der Waals surface area contributed by atoms with Gasteiger partial charge in [0.2, 0.25) is 0 Å². The standard InChI is InChI=1S/C28H58BN3O5Si2/c1-22(15-16-30-6)27(33)35-17-11-19-38(7,8)37-39(9,10)20-12-18-36-28(34)23(2)21-31-24(3)13-14-25(4)32-26(5)29/h22-25,30-32H,5,11-21H2,1-4,6-10H3. The third-order valence-corrected chi connectivity index (χ3v) is 14.3. The molecule has 2 radical (unpaired) electrons. The Morgan fingerprint density at radius 3 is 1.79 bits per heavy atom. The number of hydrogen-bond donors (Lipinski definition) is 3. The molecular formula is C28H58BN3O5Si2. The van der Waals surface area contributed by atoms with Crippen LogP contribution in [0.4, 0.5) is 0 Å². The van der Waals surface area contributed by atoms with Crippen molar-refractivity contribution in [3.05, 3.63) is 12.2 Å². The molecule has 0 rings (SSSR count). The van der Waals surface area contributed by atoms with Gasteiger partial charge >= 0.3 is 11.9 Å². The van der Waals surface area contributed by atoms with Gasteiger partial charge in [0.15, 0.2) is 16.6 Å². The molecule has 8 nitrogen and oxygen atoms in total. The molecule has 0 spiro atoms. The molecule has 0 bridgehead atoms. The van der Waals surface area contributed by atoms with Gasteiger partial charge in [-0.15, -0.1) is 0 Å². The topological polar surface area (TPSA) is 97.9 Å². The van der Waals surface area contributed by atoms with Gasteiger partial charge in [0.05, 0.1) is 25.0 Å². The fourth-order valence-electron chi connectivity index (χ4n) is 4.41. The third-order valence-electron chi connectivity index (χ3n) is 6.76. The molecule has 3 N–H and O–H groups in total. The molecule has 0 aliphatic rings. The highest BCUT2D eigenvalue weighted by atomic mass is 28.4. The van der Waals surface area contributed by atoms with Crippen LogP contribution in [-0.2, 0) is 23.2 Å². The lowest BCUT2D eigenvalue weighted by atomic mass is 10.0. The maximum Gasteiger partial charge on any atom is 0.309 e. The minimum absolute atomic E-state index is 0.0815. The van der Waals surface area contributed by atoms with Crippen molar-refractivity contribution in [2.45, 2.75) is 110 Å². The van der Waals surface area contributed by atoms with Gasteiger partial charge in [-0.05, 0) is 103 Å². The van der Waals surface area contributed by atoms with Gasteiger partial charge in [0, 0.05) is 18.6 Å². The molecule has 4 atom stereocenters. The quantitative estimate of drug-likeness (QED) is 0.0917. The smallest absolute Gasteiger partial charge is 0.309 e. The SMILES string of the molecule is [B]C(=C)NC(C)CCC(C)NCC(C)C(=O)OCCC[Si](C)(C)O[Si](C)(C)CCCOC(=O)C(C)CCNC. The highest BCUT2D eigenvalue weighted by Crippen LogP contribution is 2.24. The second-order valence-corrected chi connectivity index (χ2v) is 21.2. The fourth-order valence-corrected chi connectivity index (χ4v) is 13.2. The van der Waals surface area contributed by atoms with E-state index in [2.05, 4.69) is 62.6 Å². The average molecular weight is 584 g/mol. The molecule has 4 unspecified atom stereocenters. The molecule has 0 aliphatic heterocycles. The monoisotopic (exact) mass is 583 g/mol. The van der Waals surface area contributed by atoms with Crippen LogP contribution in [0, 0.1) is 11.8 Å². The van der Waals surface area contributed by atoms with Crippen molar-refractivity contribution in [3.63, 3.8) is 0 Å². The third kappa shape index (κ3) is 20.4. The Balaban J connectivity index is 4.19. The van der Waals surface area contributed by atoms with Gasteiger partial charge in [0.1, 0.15) is 7.85 Å². The van der Waals surface area contributed by atoms with Crippen molar-refractivity contribution < 1.29 is 23.2 Å². The number of nitrogens with one attached hydrogen (secondary N) is 3. The van der Waals surface area contributed by atoms with Crippen LogP contribution in [0.15, 0.2) is 12.2 Å². The minimum atomic E-state index is -1.89. The zero-order chi connectivity index (χ0) is 30.1. The van der Waals surface area contributed by atoms with Crippen LogP contribution in [0.5, 0.6) is 0 Å². The van der Waals surface area contributed by atoms with E-state index in [1.165, 1.54) is 0 Å². The minimum Gasteiger partial charge on any atom is -0.465 e. The van der Waals surface area contributed by atoms with E-state index in [4.69, 9.17) is 21.4 Å². The summed E-state index contributed by atoms with van der Waals surface area (Å²) in [6.45, 7) is 22.9. The largest absolute Gasteiger partial charge is 0.465 e. The van der Waals surface area contributed by atoms with Crippen molar-refractivity contribution in [2.24, 2.45) is 11.8 Å². The molecule has 11 heteroatoms. The number of ether oxygens (including phenoxy) is 2. The second kappa shape index (κ2) is 19.9. The predicted molar refractivity (Wildman–Crippen MR) is 168 cm³/mol. The molecule has 0 fully saturated rings. The van der Waals surface area contributed by atoms with Gasteiger partial charge in [-0.25, -0.2) is 0 Å². The first kappa shape index (κ1) is 37.9. The molecule has 0 aliphatic carbocycles. The van der Waals surface area contributed by atoms with Gasteiger partial charge in [0.25, 0.3) is 0 Å². The lowest BCUT2D eigenvalue weighted by Crippen LogP contribution is -2.44. The zero-order valence-corrected chi connectivity index (χ0v) is 28.4. The van der Waals surface area contributed by atoms with Crippen molar-refractivity contribution in [1.82, 2.24) is 16.0 Å². The van der Waals surface area contributed by atoms with Crippen molar-refractivity contribution in [3.8, 4) is 0 Å². The van der Waals surface area contributed by atoms with Crippen LogP contribution in [-0.4, -0.2) is 81.9 Å². The molecule has 0 aromatic carbocycles. The maximum atomic E-state index is 12.4. The van der Waals surface area contributed by atoms with E-state index in [9.17, 15) is 9.59 Å². The molecule has 39 heavy (non-hydrogen) atoms. The predicted octanol–water partition coefficient (Wildman–Crippen LogP) is 4.54. The Morgan fingerprint density at radius 2 is 1.31 bits per heavy atom. The van der Waals surface area contributed by atoms with Gasteiger partial charge in [-0.1, -0.05) is 20.4 Å². The molecule has 0 amide bonds. The van der Waals surface area contributed by atoms with Gasteiger partial charge in [-0.3, -0.25) is 9.59 Å². The fraction of sp³-hybridized carbons (Fsp3) is 0.857. The summed E-state index contributed by atoms with van der Waals surface area (Å²) < 4.78 is 17.7. The molecule has 226 valence electrons. The Bertz CT molecular complexity index is 727. The summed E-state index contributed by atoms with van der Waals surface area (Å²) in [5.41, 5.74) is 0.489. The lowest BCUT2D eigenvalue weighted by molar-refractivity contribution is -0.148. The van der Waals surface area contributed by atoms with Crippen LogP contribution in [0.2, 0.25) is 38.3 Å². The van der Waals surface area contributed by atoms with Crippen LogP contribution < -0.4 is 16.0 Å². The summed E-state index contributed by atoms with van der Waals surface area (Å²) in [5, 5.41) is 9.61. The first-order valence-electron chi connectivity index (χ1n) is 14.7. The maximum absolute atomic E-state index is 12.4. The van der Waals surface area contributed by atoms with E-state index >= 15 is 0 Å². The molecular weight excluding hydrogens is 525 g/mol. The first-order chi connectivity index (χ1) is 18.1. The van der Waals surface area contributed by atoms with Gasteiger partial charge in [-0.2, -0.15) is 0 Å². The number of rotatable bonds is 23. The molecule has 0 heterocycles.